The molecule has 1 heterocycles. The fourth-order valence-electron chi connectivity index (χ4n) is 2.30. The van der Waals surface area contributed by atoms with Gasteiger partial charge in [-0.2, -0.15) is 0 Å². The summed E-state index contributed by atoms with van der Waals surface area (Å²) in [5.74, 6) is -0.0428. The van der Waals surface area contributed by atoms with E-state index in [9.17, 15) is 13.2 Å². The Kier molecular flexibility index (Phi) is 4.97. The van der Waals surface area contributed by atoms with E-state index in [4.69, 9.17) is 4.84 Å². The maximum atomic E-state index is 12.3. The van der Waals surface area contributed by atoms with E-state index in [1.165, 1.54) is 26.3 Å². The van der Waals surface area contributed by atoms with Crippen molar-refractivity contribution in [3.8, 4) is 0 Å². The Labute approximate surface area is 125 Å². The first kappa shape index (κ1) is 15.9. The molecule has 0 unspecified atom stereocenters. The Balaban J connectivity index is 2.17. The molecular weight excluding hydrogens is 292 g/mol. The van der Waals surface area contributed by atoms with Crippen LogP contribution in [-0.4, -0.2) is 50.9 Å². The van der Waals surface area contributed by atoms with Crippen molar-refractivity contribution in [1.29, 1.82) is 0 Å². The maximum Gasteiger partial charge on any atom is 0.264 e. The smallest absolute Gasteiger partial charge is 0.264 e. The minimum atomic E-state index is -3.67. The van der Waals surface area contributed by atoms with E-state index in [0.29, 0.717) is 5.56 Å². The summed E-state index contributed by atoms with van der Waals surface area (Å²) in [6, 6.07) is 5.96. The van der Waals surface area contributed by atoms with Crippen molar-refractivity contribution in [3.63, 3.8) is 0 Å². The Morgan fingerprint density at radius 1 is 1.14 bits per heavy atom. The fourth-order valence-corrected chi connectivity index (χ4v) is 3.27. The molecule has 21 heavy (non-hydrogen) atoms. The molecule has 1 aromatic rings. The van der Waals surface area contributed by atoms with E-state index in [1.807, 2.05) is 4.90 Å². The second-order valence-corrected chi connectivity index (χ2v) is 6.91. The SMILES string of the molecule is CON(C)S(=O)(=O)c1ccc(C(=O)N2CCCCC2)cc1. The Bertz CT molecular complexity index is 592. The highest BCUT2D eigenvalue weighted by Crippen LogP contribution is 2.17. The molecule has 1 saturated heterocycles. The second-order valence-electron chi connectivity index (χ2n) is 4.97. The maximum absolute atomic E-state index is 12.3. The molecule has 0 N–H and O–H groups in total. The molecule has 6 nitrogen and oxygen atoms in total. The van der Waals surface area contributed by atoms with Gasteiger partial charge in [-0.1, -0.05) is 4.47 Å². The number of amides is 1. The van der Waals surface area contributed by atoms with Crippen LogP contribution in [0.2, 0.25) is 0 Å². The Hall–Kier alpha value is -1.44. The van der Waals surface area contributed by atoms with Crippen LogP contribution in [0.15, 0.2) is 29.2 Å². The lowest BCUT2D eigenvalue weighted by atomic mass is 10.1. The summed E-state index contributed by atoms with van der Waals surface area (Å²) in [6.07, 6.45) is 3.21. The van der Waals surface area contributed by atoms with Gasteiger partial charge in [0, 0.05) is 25.7 Å². The molecule has 1 aliphatic rings. The average Bonchev–Trinajstić information content (AvgIpc) is 2.54. The number of likely N-dealkylation sites (tertiary alicyclic amines) is 1. The first-order chi connectivity index (χ1) is 9.96. The lowest BCUT2D eigenvalue weighted by molar-refractivity contribution is -0.0258. The van der Waals surface area contributed by atoms with E-state index in [-0.39, 0.29) is 10.8 Å². The number of hydroxylamine groups is 1. The van der Waals surface area contributed by atoms with Crippen LogP contribution in [0.1, 0.15) is 29.6 Å². The zero-order valence-corrected chi connectivity index (χ0v) is 13.1. The summed E-state index contributed by atoms with van der Waals surface area (Å²) >= 11 is 0. The zero-order chi connectivity index (χ0) is 15.5. The minimum absolute atomic E-state index is 0.0428. The van der Waals surface area contributed by atoms with Crippen LogP contribution in [-0.2, 0) is 14.9 Å². The molecule has 0 spiro atoms. The van der Waals surface area contributed by atoms with Gasteiger partial charge in [0.1, 0.15) is 0 Å². The molecule has 0 atom stereocenters. The van der Waals surface area contributed by atoms with Gasteiger partial charge in [0.2, 0.25) is 0 Å². The third-order valence-electron chi connectivity index (χ3n) is 3.64. The van der Waals surface area contributed by atoms with Gasteiger partial charge in [-0.25, -0.2) is 8.42 Å². The number of hydrogen-bond donors (Lipinski definition) is 0. The molecule has 2 rings (SSSR count). The van der Waals surface area contributed by atoms with Crippen molar-refractivity contribution in [2.75, 3.05) is 27.2 Å². The number of nitrogens with zero attached hydrogens (tertiary/aromatic N) is 2. The number of rotatable bonds is 4. The molecule has 0 radical (unpaired) electrons. The van der Waals surface area contributed by atoms with E-state index < -0.39 is 10.0 Å². The van der Waals surface area contributed by atoms with Crippen LogP contribution >= 0.6 is 0 Å². The summed E-state index contributed by atoms with van der Waals surface area (Å²) in [7, 11) is -1.07. The average molecular weight is 312 g/mol. The van der Waals surface area contributed by atoms with Gasteiger partial charge in [0.25, 0.3) is 15.9 Å². The number of sulfonamides is 1. The van der Waals surface area contributed by atoms with Crippen molar-refractivity contribution in [2.45, 2.75) is 24.2 Å². The lowest BCUT2D eigenvalue weighted by Crippen LogP contribution is -2.35. The van der Waals surface area contributed by atoms with Crippen molar-refractivity contribution < 1.29 is 18.0 Å². The summed E-state index contributed by atoms with van der Waals surface area (Å²) in [4.78, 5) is 18.9. The van der Waals surface area contributed by atoms with Crippen molar-refractivity contribution in [1.82, 2.24) is 9.37 Å². The number of piperidine rings is 1. The topological polar surface area (TPSA) is 66.9 Å². The molecule has 0 aliphatic carbocycles. The van der Waals surface area contributed by atoms with Crippen molar-refractivity contribution >= 4 is 15.9 Å². The predicted octanol–water partition coefficient (Wildman–Crippen LogP) is 1.49. The molecule has 0 bridgehead atoms. The summed E-state index contributed by atoms with van der Waals surface area (Å²) in [5, 5.41) is 0. The van der Waals surface area contributed by atoms with Crippen LogP contribution in [0, 0.1) is 0 Å². The summed E-state index contributed by atoms with van der Waals surface area (Å²) < 4.78 is 24.9. The monoisotopic (exact) mass is 312 g/mol. The van der Waals surface area contributed by atoms with Crippen LogP contribution in [0.4, 0.5) is 0 Å². The number of carbonyl (C=O) groups excluding carboxylic acids is 1. The van der Waals surface area contributed by atoms with E-state index >= 15 is 0 Å². The van der Waals surface area contributed by atoms with Gasteiger partial charge < -0.3 is 4.90 Å². The van der Waals surface area contributed by atoms with E-state index in [2.05, 4.69) is 0 Å². The first-order valence-corrected chi connectivity index (χ1v) is 8.33. The van der Waals surface area contributed by atoms with Gasteiger partial charge in [-0.15, -0.1) is 0 Å². The molecule has 1 aromatic carbocycles. The molecule has 0 saturated carbocycles. The lowest BCUT2D eigenvalue weighted by Gasteiger charge is -2.26. The Morgan fingerprint density at radius 3 is 2.24 bits per heavy atom. The molecule has 1 aliphatic heterocycles. The molecule has 1 amide bonds. The standard InChI is InChI=1S/C14H20N2O4S/c1-15(20-2)21(18,19)13-8-6-12(7-9-13)14(17)16-10-4-3-5-11-16/h6-9H,3-5,10-11H2,1-2H3. The van der Waals surface area contributed by atoms with Gasteiger partial charge in [-0.05, 0) is 43.5 Å². The second kappa shape index (κ2) is 6.55. The van der Waals surface area contributed by atoms with Crippen LogP contribution in [0.25, 0.3) is 0 Å². The molecule has 7 heteroatoms. The third-order valence-corrected chi connectivity index (χ3v) is 5.33. The van der Waals surface area contributed by atoms with E-state index in [1.54, 1.807) is 12.1 Å². The normalized spacial score (nSPS) is 16.2. The van der Waals surface area contributed by atoms with Crippen LogP contribution in [0.5, 0.6) is 0 Å². The number of benzene rings is 1. The number of carbonyl (C=O) groups is 1. The van der Waals surface area contributed by atoms with Crippen molar-refractivity contribution in [2.24, 2.45) is 0 Å². The highest BCUT2D eigenvalue weighted by atomic mass is 32.2. The van der Waals surface area contributed by atoms with Gasteiger partial charge in [0.15, 0.2) is 0 Å². The third kappa shape index (κ3) is 3.42. The minimum Gasteiger partial charge on any atom is -0.339 e. The first-order valence-electron chi connectivity index (χ1n) is 6.89. The van der Waals surface area contributed by atoms with Crippen LogP contribution in [0.3, 0.4) is 0 Å². The summed E-state index contributed by atoms with van der Waals surface area (Å²) in [6.45, 7) is 1.54. The zero-order valence-electron chi connectivity index (χ0n) is 12.3. The Morgan fingerprint density at radius 2 is 1.71 bits per heavy atom. The predicted molar refractivity (Wildman–Crippen MR) is 78.2 cm³/mol. The molecule has 0 aromatic heterocycles. The molecular formula is C14H20N2O4S. The van der Waals surface area contributed by atoms with Crippen LogP contribution < -0.4 is 0 Å². The van der Waals surface area contributed by atoms with Gasteiger partial charge in [0.05, 0.1) is 12.0 Å². The highest BCUT2D eigenvalue weighted by Gasteiger charge is 2.22. The quantitative estimate of drug-likeness (QED) is 0.790. The van der Waals surface area contributed by atoms with Gasteiger partial charge >= 0.3 is 0 Å². The molecule has 1 fully saturated rings. The largest absolute Gasteiger partial charge is 0.339 e. The molecule has 116 valence electrons. The summed E-state index contributed by atoms with van der Waals surface area (Å²) in [5.41, 5.74) is 0.510. The van der Waals surface area contributed by atoms with Crippen molar-refractivity contribution in [3.05, 3.63) is 29.8 Å². The highest BCUT2D eigenvalue weighted by molar-refractivity contribution is 7.89. The van der Waals surface area contributed by atoms with Gasteiger partial charge in [-0.3, -0.25) is 9.63 Å². The van der Waals surface area contributed by atoms with E-state index in [0.717, 1.165) is 36.8 Å². The number of hydrogen-bond acceptors (Lipinski definition) is 4. The fraction of sp³-hybridized carbons (Fsp3) is 0.500.